The van der Waals surface area contributed by atoms with E-state index in [0.717, 1.165) is 39.2 Å². The summed E-state index contributed by atoms with van der Waals surface area (Å²) in [5.74, 6) is 0.490. The summed E-state index contributed by atoms with van der Waals surface area (Å²) in [6.07, 6.45) is 0. The number of carbonyl (C=O) groups excluding carboxylic acids is 2. The van der Waals surface area contributed by atoms with E-state index in [-0.39, 0.29) is 29.4 Å². The monoisotopic (exact) mass is 540 g/mol. The first-order valence-electron chi connectivity index (χ1n) is 13.0. The zero-order valence-electron chi connectivity index (χ0n) is 22.4. The maximum absolute atomic E-state index is 13.8. The molecule has 0 aliphatic carbocycles. The lowest BCUT2D eigenvalue weighted by Gasteiger charge is -2.23. The Kier molecular flexibility index (Phi) is 8.14. The minimum Gasteiger partial charge on any atom is -0.383 e. The minimum atomic E-state index is -0.246. The molecule has 1 aliphatic heterocycles. The molecular formula is C31H32N4O3S. The topological polar surface area (TPSA) is 76.5 Å². The van der Waals surface area contributed by atoms with Gasteiger partial charge < -0.3 is 10.1 Å². The molecule has 1 atom stereocenters. The minimum absolute atomic E-state index is 0.109. The van der Waals surface area contributed by atoms with Crippen LogP contribution < -0.4 is 10.2 Å². The van der Waals surface area contributed by atoms with Gasteiger partial charge in [0.1, 0.15) is 12.4 Å². The van der Waals surface area contributed by atoms with Crippen molar-refractivity contribution in [2.75, 3.05) is 37.5 Å². The Hall–Kier alpha value is -3.88. The number of ether oxygens (including phenoxy) is 1. The largest absolute Gasteiger partial charge is 0.383 e. The van der Waals surface area contributed by atoms with Crippen molar-refractivity contribution in [1.82, 2.24) is 15.1 Å². The molecule has 8 heteroatoms. The lowest BCUT2D eigenvalue weighted by Crippen LogP contribution is -2.43. The molecule has 1 aliphatic rings. The summed E-state index contributed by atoms with van der Waals surface area (Å²) in [6.45, 7) is 4.76. The van der Waals surface area contributed by atoms with Crippen molar-refractivity contribution in [3.05, 3.63) is 101 Å². The van der Waals surface area contributed by atoms with Crippen molar-refractivity contribution in [3.63, 3.8) is 0 Å². The Labute approximate surface area is 233 Å². The van der Waals surface area contributed by atoms with Gasteiger partial charge in [0, 0.05) is 24.8 Å². The average molecular weight is 541 g/mol. The molecule has 4 aromatic rings. The number of aryl methyl sites for hydroxylation is 2. The number of para-hydroxylation sites is 1. The van der Waals surface area contributed by atoms with Crippen LogP contribution in [0.15, 0.2) is 78.9 Å². The SMILES string of the molecule is COCCNC(=O)CN1C(=O)CS[C@H](c2cccc(C)c2)c2c(-c3ccccc3)nn(-c3ccccc3C)c21. The molecule has 0 spiro atoms. The second kappa shape index (κ2) is 11.9. The molecule has 200 valence electrons. The van der Waals surface area contributed by atoms with Crippen LogP contribution in [0.5, 0.6) is 0 Å². The van der Waals surface area contributed by atoms with E-state index in [4.69, 9.17) is 9.84 Å². The van der Waals surface area contributed by atoms with Crippen molar-refractivity contribution in [1.29, 1.82) is 0 Å². The molecular weight excluding hydrogens is 508 g/mol. The summed E-state index contributed by atoms with van der Waals surface area (Å²) >= 11 is 1.57. The van der Waals surface area contributed by atoms with Crippen LogP contribution >= 0.6 is 11.8 Å². The number of nitrogens with one attached hydrogen (secondary N) is 1. The zero-order chi connectivity index (χ0) is 27.4. The first kappa shape index (κ1) is 26.7. The van der Waals surface area contributed by atoms with Gasteiger partial charge in [0.05, 0.1) is 29.0 Å². The summed E-state index contributed by atoms with van der Waals surface area (Å²) in [4.78, 5) is 28.4. The van der Waals surface area contributed by atoms with Crippen LogP contribution in [0.4, 0.5) is 5.82 Å². The molecule has 2 amide bonds. The molecule has 1 aromatic heterocycles. The van der Waals surface area contributed by atoms with Crippen molar-refractivity contribution >= 4 is 29.4 Å². The van der Waals surface area contributed by atoms with Crippen LogP contribution in [-0.2, 0) is 14.3 Å². The Balaban J connectivity index is 1.77. The van der Waals surface area contributed by atoms with Crippen LogP contribution in [0.3, 0.4) is 0 Å². The zero-order valence-corrected chi connectivity index (χ0v) is 23.2. The fourth-order valence-electron chi connectivity index (χ4n) is 4.89. The number of anilines is 1. The predicted molar refractivity (Wildman–Crippen MR) is 156 cm³/mol. The number of rotatable bonds is 8. The summed E-state index contributed by atoms with van der Waals surface area (Å²) < 4.78 is 6.93. The highest BCUT2D eigenvalue weighted by molar-refractivity contribution is 8.00. The third-order valence-corrected chi connectivity index (χ3v) is 8.01. The maximum atomic E-state index is 13.8. The summed E-state index contributed by atoms with van der Waals surface area (Å²) in [6, 6.07) is 26.4. The maximum Gasteiger partial charge on any atom is 0.240 e. The lowest BCUT2D eigenvalue weighted by molar-refractivity contribution is -0.123. The third kappa shape index (κ3) is 5.62. The van der Waals surface area contributed by atoms with E-state index in [1.807, 2.05) is 72.3 Å². The van der Waals surface area contributed by atoms with Crippen molar-refractivity contribution in [2.24, 2.45) is 0 Å². The standard InChI is InChI=1S/C31H32N4O3S/c1-21-10-9-14-24(18-21)30-28-29(23-12-5-4-6-13-23)33-35(25-15-8-7-11-22(25)2)31(28)34(27(37)20-39-30)19-26(36)32-16-17-38-3/h4-15,18,30H,16-17,19-20H2,1-3H3,(H,32,36)/t30-/m1/s1. The molecule has 0 saturated heterocycles. The fraction of sp³-hybridized carbons (Fsp3) is 0.258. The number of carbonyl (C=O) groups is 2. The number of methoxy groups -OCH3 is 1. The van der Waals surface area contributed by atoms with Gasteiger partial charge in [0.15, 0.2) is 0 Å². The van der Waals surface area contributed by atoms with Gasteiger partial charge in [-0.05, 0) is 31.0 Å². The number of aromatic nitrogens is 2. The van der Waals surface area contributed by atoms with Crippen molar-refractivity contribution in [3.8, 4) is 16.9 Å². The van der Waals surface area contributed by atoms with E-state index in [1.54, 1.807) is 23.8 Å². The van der Waals surface area contributed by atoms with Crippen molar-refractivity contribution < 1.29 is 14.3 Å². The number of amides is 2. The first-order valence-corrected chi connectivity index (χ1v) is 14.0. The van der Waals surface area contributed by atoms with Crippen LogP contribution in [0.2, 0.25) is 0 Å². The average Bonchev–Trinajstić information content (AvgIpc) is 3.26. The molecule has 0 fully saturated rings. The van der Waals surface area contributed by atoms with Gasteiger partial charge in [-0.25, -0.2) is 4.68 Å². The molecule has 1 N–H and O–H groups in total. The van der Waals surface area contributed by atoms with Crippen LogP contribution in [0, 0.1) is 13.8 Å². The van der Waals surface area contributed by atoms with Crippen molar-refractivity contribution in [2.45, 2.75) is 19.1 Å². The van der Waals surface area contributed by atoms with E-state index in [9.17, 15) is 9.59 Å². The molecule has 0 radical (unpaired) electrons. The van der Waals surface area contributed by atoms with E-state index < -0.39 is 0 Å². The number of hydrogen-bond acceptors (Lipinski definition) is 5. The van der Waals surface area contributed by atoms with E-state index in [2.05, 4.69) is 30.4 Å². The Morgan fingerprint density at radius 3 is 2.56 bits per heavy atom. The van der Waals surface area contributed by atoms with Gasteiger partial charge in [-0.3, -0.25) is 14.5 Å². The van der Waals surface area contributed by atoms with Gasteiger partial charge in [0.2, 0.25) is 11.8 Å². The Bertz CT molecular complexity index is 1480. The van der Waals surface area contributed by atoms with Gasteiger partial charge in [0.25, 0.3) is 0 Å². The first-order chi connectivity index (χ1) is 19.0. The highest BCUT2D eigenvalue weighted by Crippen LogP contribution is 2.48. The molecule has 2 heterocycles. The van der Waals surface area contributed by atoms with Gasteiger partial charge in [-0.2, -0.15) is 5.10 Å². The second-order valence-electron chi connectivity index (χ2n) is 9.58. The smallest absolute Gasteiger partial charge is 0.240 e. The number of thioether (sulfide) groups is 1. The second-order valence-corrected chi connectivity index (χ2v) is 10.7. The summed E-state index contributed by atoms with van der Waals surface area (Å²) in [5.41, 5.74) is 6.81. The predicted octanol–water partition coefficient (Wildman–Crippen LogP) is 5.09. The highest BCUT2D eigenvalue weighted by atomic mass is 32.2. The number of hydrogen-bond donors (Lipinski definition) is 1. The molecule has 0 saturated carbocycles. The molecule has 3 aromatic carbocycles. The normalized spacial score (nSPS) is 15.1. The van der Waals surface area contributed by atoms with Crippen LogP contribution in [0.1, 0.15) is 27.5 Å². The third-order valence-electron chi connectivity index (χ3n) is 6.75. The number of benzene rings is 3. The molecule has 0 unspecified atom stereocenters. The van der Waals surface area contributed by atoms with Gasteiger partial charge >= 0.3 is 0 Å². The Morgan fingerprint density at radius 2 is 1.82 bits per heavy atom. The van der Waals surface area contributed by atoms with Crippen LogP contribution in [0.25, 0.3) is 16.9 Å². The molecule has 39 heavy (non-hydrogen) atoms. The Morgan fingerprint density at radius 1 is 1.05 bits per heavy atom. The molecule has 7 nitrogen and oxygen atoms in total. The van der Waals surface area contributed by atoms with E-state index in [0.29, 0.717) is 19.0 Å². The molecule has 5 rings (SSSR count). The number of nitrogens with zero attached hydrogens (tertiary/aromatic N) is 3. The lowest BCUT2D eigenvalue weighted by atomic mass is 9.98. The summed E-state index contributed by atoms with van der Waals surface area (Å²) in [7, 11) is 1.59. The van der Waals surface area contributed by atoms with Crippen LogP contribution in [-0.4, -0.2) is 54.2 Å². The van der Waals surface area contributed by atoms with Gasteiger partial charge in [-0.15, -0.1) is 11.8 Å². The fourth-order valence-corrected chi connectivity index (χ4v) is 6.07. The van der Waals surface area contributed by atoms with E-state index >= 15 is 0 Å². The highest BCUT2D eigenvalue weighted by Gasteiger charge is 2.37. The molecule has 0 bridgehead atoms. The summed E-state index contributed by atoms with van der Waals surface area (Å²) in [5, 5.41) is 7.87. The quantitative estimate of drug-likeness (QED) is 0.315. The number of fused-ring (bicyclic) bond motifs is 1. The van der Waals surface area contributed by atoms with E-state index in [1.165, 1.54) is 0 Å². The van der Waals surface area contributed by atoms with Gasteiger partial charge in [-0.1, -0.05) is 78.4 Å².